The normalized spacial score (nSPS) is 11.2. The second-order valence-corrected chi connectivity index (χ2v) is 6.03. The molecule has 1 aromatic heterocycles. The molecule has 0 aliphatic heterocycles. The summed E-state index contributed by atoms with van der Waals surface area (Å²) in [5, 5.41) is 13.1. The van der Waals surface area contributed by atoms with Crippen molar-refractivity contribution in [3.05, 3.63) is 53.9 Å². The molecule has 2 N–H and O–H groups in total. The lowest BCUT2D eigenvalue weighted by atomic mass is 9.86. The maximum Gasteiger partial charge on any atom is 0.228 e. The predicted molar refractivity (Wildman–Crippen MR) is 83.4 cm³/mol. The summed E-state index contributed by atoms with van der Waals surface area (Å²) in [5.41, 5.74) is 1.95. The zero-order valence-corrected chi connectivity index (χ0v) is 12.6. The third-order valence-corrected chi connectivity index (χ3v) is 3.23. The highest BCUT2D eigenvalue weighted by Gasteiger charge is 2.20. The molecule has 4 nitrogen and oxygen atoms in total. The number of benzene rings is 1. The van der Waals surface area contributed by atoms with Crippen LogP contribution in [-0.4, -0.2) is 16.0 Å². The van der Waals surface area contributed by atoms with Crippen molar-refractivity contribution in [1.29, 1.82) is 0 Å². The summed E-state index contributed by atoms with van der Waals surface area (Å²) in [7, 11) is 0. The van der Waals surface area contributed by atoms with E-state index in [1.807, 2.05) is 32.9 Å². The molecule has 0 atom stereocenters. The largest absolute Gasteiger partial charge is 0.505 e. The van der Waals surface area contributed by atoms with Crippen LogP contribution < -0.4 is 5.32 Å². The van der Waals surface area contributed by atoms with Crippen molar-refractivity contribution < 1.29 is 9.90 Å². The number of para-hydroxylation sites is 1. The number of hydrogen-bond acceptors (Lipinski definition) is 3. The molecule has 0 saturated heterocycles. The maximum atomic E-state index is 12.1. The van der Waals surface area contributed by atoms with Gasteiger partial charge in [0.2, 0.25) is 5.91 Å². The Hall–Kier alpha value is -2.36. The molecule has 0 spiro atoms. The van der Waals surface area contributed by atoms with Crippen molar-refractivity contribution in [3.63, 3.8) is 0 Å². The van der Waals surface area contributed by atoms with Gasteiger partial charge in [-0.05, 0) is 29.2 Å². The summed E-state index contributed by atoms with van der Waals surface area (Å²) in [4.78, 5) is 16.0. The predicted octanol–water partition coefficient (Wildman–Crippen LogP) is 3.27. The van der Waals surface area contributed by atoms with Gasteiger partial charge in [0.15, 0.2) is 0 Å². The number of amides is 1. The van der Waals surface area contributed by atoms with Gasteiger partial charge in [0.05, 0.1) is 12.1 Å². The molecular weight excluding hydrogens is 264 g/mol. The van der Waals surface area contributed by atoms with Gasteiger partial charge in [-0.2, -0.15) is 0 Å². The summed E-state index contributed by atoms with van der Waals surface area (Å²) in [6.07, 6.45) is 3.56. The first-order valence-electron chi connectivity index (χ1n) is 6.89. The number of aromatic nitrogens is 1. The highest BCUT2D eigenvalue weighted by atomic mass is 16.3. The summed E-state index contributed by atoms with van der Waals surface area (Å²) >= 11 is 0. The van der Waals surface area contributed by atoms with E-state index in [-0.39, 0.29) is 23.5 Å². The molecule has 0 saturated carbocycles. The summed E-state index contributed by atoms with van der Waals surface area (Å²) in [6.45, 7) is 6.06. The molecule has 0 bridgehead atoms. The standard InChI is InChI=1S/C17H20N2O2/c1-17(2,3)13-5-4-6-14(16(13)21)19-15(20)11-12-7-9-18-10-8-12/h4-10,21H,11H2,1-3H3,(H,19,20). The molecule has 21 heavy (non-hydrogen) atoms. The van der Waals surface area contributed by atoms with Crippen LogP contribution in [0.25, 0.3) is 0 Å². The molecule has 1 amide bonds. The molecule has 0 aliphatic carbocycles. The van der Waals surface area contributed by atoms with Gasteiger partial charge in [0, 0.05) is 18.0 Å². The topological polar surface area (TPSA) is 62.2 Å². The third kappa shape index (κ3) is 3.81. The molecule has 2 rings (SSSR count). The molecule has 1 heterocycles. The number of phenols is 1. The van der Waals surface area contributed by atoms with Crippen molar-refractivity contribution in [3.8, 4) is 5.75 Å². The smallest absolute Gasteiger partial charge is 0.228 e. The number of aromatic hydroxyl groups is 1. The summed E-state index contributed by atoms with van der Waals surface area (Å²) in [5.74, 6) is -0.0318. The number of nitrogens with zero attached hydrogens (tertiary/aromatic N) is 1. The van der Waals surface area contributed by atoms with Gasteiger partial charge in [-0.15, -0.1) is 0 Å². The number of pyridine rings is 1. The van der Waals surface area contributed by atoms with Crippen LogP contribution in [0.1, 0.15) is 31.9 Å². The van der Waals surface area contributed by atoms with Gasteiger partial charge in [-0.1, -0.05) is 32.9 Å². The highest BCUT2D eigenvalue weighted by molar-refractivity contribution is 5.93. The monoisotopic (exact) mass is 284 g/mol. The van der Waals surface area contributed by atoms with Crippen molar-refractivity contribution >= 4 is 11.6 Å². The fourth-order valence-electron chi connectivity index (χ4n) is 2.13. The number of carbonyl (C=O) groups excluding carboxylic acids is 1. The third-order valence-electron chi connectivity index (χ3n) is 3.23. The van der Waals surface area contributed by atoms with Crippen molar-refractivity contribution in [1.82, 2.24) is 4.98 Å². The molecule has 0 fully saturated rings. The van der Waals surface area contributed by atoms with Gasteiger partial charge in [-0.3, -0.25) is 9.78 Å². The Morgan fingerprint density at radius 3 is 2.48 bits per heavy atom. The van der Waals surface area contributed by atoms with Crippen LogP contribution in [-0.2, 0) is 16.6 Å². The van der Waals surface area contributed by atoms with E-state index in [0.717, 1.165) is 11.1 Å². The molecule has 0 radical (unpaired) electrons. The van der Waals surface area contributed by atoms with Crippen LogP contribution >= 0.6 is 0 Å². The fourth-order valence-corrected chi connectivity index (χ4v) is 2.13. The zero-order valence-electron chi connectivity index (χ0n) is 12.6. The Morgan fingerprint density at radius 1 is 1.19 bits per heavy atom. The Labute approximate surface area is 124 Å². The maximum absolute atomic E-state index is 12.1. The number of phenolic OH excluding ortho intramolecular Hbond substituents is 1. The molecule has 1 aromatic carbocycles. The van der Waals surface area contributed by atoms with Gasteiger partial charge in [0.1, 0.15) is 5.75 Å². The zero-order chi connectivity index (χ0) is 15.5. The van der Waals surface area contributed by atoms with Crippen LogP contribution in [0.4, 0.5) is 5.69 Å². The molecule has 0 aliphatic rings. The lowest BCUT2D eigenvalue weighted by Gasteiger charge is -2.22. The van der Waals surface area contributed by atoms with Gasteiger partial charge in [0.25, 0.3) is 0 Å². The van der Waals surface area contributed by atoms with Gasteiger partial charge < -0.3 is 10.4 Å². The van der Waals surface area contributed by atoms with E-state index in [4.69, 9.17) is 0 Å². The SMILES string of the molecule is CC(C)(C)c1cccc(NC(=O)Cc2ccncc2)c1O. The van der Waals surface area contributed by atoms with E-state index < -0.39 is 0 Å². The minimum absolute atomic E-state index is 0.132. The number of anilines is 1. The van der Waals surface area contributed by atoms with Crippen LogP contribution in [0, 0.1) is 0 Å². The van der Waals surface area contributed by atoms with Crippen molar-refractivity contribution in [2.45, 2.75) is 32.6 Å². The van der Waals surface area contributed by atoms with E-state index in [2.05, 4.69) is 10.3 Å². The minimum atomic E-state index is -0.185. The Balaban J connectivity index is 2.15. The first-order valence-corrected chi connectivity index (χ1v) is 6.89. The van der Waals surface area contributed by atoms with E-state index in [0.29, 0.717) is 5.69 Å². The van der Waals surface area contributed by atoms with Crippen molar-refractivity contribution in [2.24, 2.45) is 0 Å². The fraction of sp³-hybridized carbons (Fsp3) is 0.294. The number of nitrogens with one attached hydrogen (secondary N) is 1. The second-order valence-electron chi connectivity index (χ2n) is 6.03. The first kappa shape index (κ1) is 15.0. The Morgan fingerprint density at radius 2 is 1.86 bits per heavy atom. The second kappa shape index (κ2) is 5.95. The Kier molecular flexibility index (Phi) is 4.26. The average molecular weight is 284 g/mol. The van der Waals surface area contributed by atoms with Crippen LogP contribution in [0.5, 0.6) is 5.75 Å². The molecule has 110 valence electrons. The van der Waals surface area contributed by atoms with E-state index in [1.165, 1.54) is 0 Å². The average Bonchev–Trinajstić information content (AvgIpc) is 2.41. The minimum Gasteiger partial charge on any atom is -0.505 e. The van der Waals surface area contributed by atoms with Crippen LogP contribution in [0.2, 0.25) is 0 Å². The molecule has 4 heteroatoms. The van der Waals surface area contributed by atoms with Crippen LogP contribution in [0.3, 0.4) is 0 Å². The summed E-state index contributed by atoms with van der Waals surface area (Å²) in [6, 6.07) is 9.00. The quantitative estimate of drug-likeness (QED) is 0.850. The van der Waals surface area contributed by atoms with E-state index >= 15 is 0 Å². The van der Waals surface area contributed by atoms with E-state index in [9.17, 15) is 9.90 Å². The Bertz CT molecular complexity index is 631. The van der Waals surface area contributed by atoms with Crippen LogP contribution in [0.15, 0.2) is 42.7 Å². The number of hydrogen-bond donors (Lipinski definition) is 2. The molecule has 2 aromatic rings. The molecular formula is C17H20N2O2. The van der Waals surface area contributed by atoms with E-state index in [1.54, 1.807) is 30.6 Å². The lowest BCUT2D eigenvalue weighted by molar-refractivity contribution is -0.115. The van der Waals surface area contributed by atoms with Gasteiger partial charge >= 0.3 is 0 Å². The van der Waals surface area contributed by atoms with Crippen molar-refractivity contribution in [2.75, 3.05) is 5.32 Å². The molecule has 0 unspecified atom stereocenters. The first-order chi connectivity index (χ1) is 9.88. The highest BCUT2D eigenvalue weighted by Crippen LogP contribution is 2.35. The number of rotatable bonds is 3. The lowest BCUT2D eigenvalue weighted by Crippen LogP contribution is -2.16. The van der Waals surface area contributed by atoms with Gasteiger partial charge in [-0.25, -0.2) is 0 Å². The number of carbonyl (C=O) groups is 1. The summed E-state index contributed by atoms with van der Waals surface area (Å²) < 4.78 is 0.